The third-order valence-electron chi connectivity index (χ3n) is 3.71. The second-order valence-corrected chi connectivity index (χ2v) is 5.76. The van der Waals surface area contributed by atoms with E-state index in [4.69, 9.17) is 0 Å². The van der Waals surface area contributed by atoms with E-state index in [0.717, 1.165) is 11.3 Å². The van der Waals surface area contributed by atoms with Gasteiger partial charge in [-0.1, -0.05) is 12.1 Å². The molecule has 0 unspecified atom stereocenters. The van der Waals surface area contributed by atoms with E-state index >= 15 is 0 Å². The van der Waals surface area contributed by atoms with Crippen LogP contribution in [0.5, 0.6) is 0 Å². The molecule has 7 nitrogen and oxygen atoms in total. The largest absolute Gasteiger partial charge is 0.378 e. The fourth-order valence-electron chi connectivity index (χ4n) is 2.33. The number of nitrogens with one attached hydrogen (secondary N) is 3. The number of hydrogen-bond acceptors (Lipinski definition) is 5. The van der Waals surface area contributed by atoms with Gasteiger partial charge in [0.2, 0.25) is 0 Å². The van der Waals surface area contributed by atoms with Crippen molar-refractivity contribution in [3.8, 4) is 0 Å². The highest BCUT2D eigenvalue weighted by molar-refractivity contribution is 6.06. The first-order chi connectivity index (χ1) is 12.1. The Balaban J connectivity index is 1.64. The van der Waals surface area contributed by atoms with Gasteiger partial charge < -0.3 is 15.5 Å². The summed E-state index contributed by atoms with van der Waals surface area (Å²) in [6.07, 6.45) is 4.91. The molecular formula is C18H20N6O. The molecule has 1 aromatic carbocycles. The molecule has 0 aliphatic rings. The maximum absolute atomic E-state index is 12.4. The number of nitrogens with zero attached hydrogens (tertiary/aromatic N) is 3. The van der Waals surface area contributed by atoms with Gasteiger partial charge in [0.05, 0.1) is 17.6 Å². The predicted octanol–water partition coefficient (Wildman–Crippen LogP) is 2.74. The van der Waals surface area contributed by atoms with Crippen LogP contribution in [0, 0.1) is 0 Å². The number of carbonyl (C=O) groups excluding carboxylic acids is 1. The van der Waals surface area contributed by atoms with Crippen molar-refractivity contribution in [2.45, 2.75) is 6.54 Å². The number of H-pyrrole nitrogens is 1. The predicted molar refractivity (Wildman–Crippen MR) is 98.9 cm³/mol. The number of pyridine rings is 1. The highest BCUT2D eigenvalue weighted by atomic mass is 16.2. The minimum Gasteiger partial charge on any atom is -0.378 e. The molecule has 0 saturated heterocycles. The zero-order valence-corrected chi connectivity index (χ0v) is 14.2. The van der Waals surface area contributed by atoms with Crippen LogP contribution in [0.3, 0.4) is 0 Å². The van der Waals surface area contributed by atoms with Gasteiger partial charge in [0.1, 0.15) is 0 Å². The van der Waals surface area contributed by atoms with Crippen molar-refractivity contribution >= 4 is 23.0 Å². The average molecular weight is 336 g/mol. The molecule has 0 bridgehead atoms. The molecule has 3 aromatic rings. The molecule has 0 spiro atoms. The summed E-state index contributed by atoms with van der Waals surface area (Å²) < 4.78 is 0. The average Bonchev–Trinajstić information content (AvgIpc) is 3.10. The van der Waals surface area contributed by atoms with Gasteiger partial charge in [-0.15, -0.1) is 0 Å². The Labute approximate surface area is 146 Å². The minimum absolute atomic E-state index is 0.292. The molecule has 3 N–H and O–H groups in total. The van der Waals surface area contributed by atoms with Crippen molar-refractivity contribution in [1.82, 2.24) is 15.2 Å². The third kappa shape index (κ3) is 4.14. The zero-order chi connectivity index (χ0) is 17.6. The number of aromatic amines is 1. The van der Waals surface area contributed by atoms with Gasteiger partial charge >= 0.3 is 0 Å². The van der Waals surface area contributed by atoms with Gasteiger partial charge in [0, 0.05) is 38.7 Å². The number of aromatic nitrogens is 3. The van der Waals surface area contributed by atoms with Crippen LogP contribution in [0.1, 0.15) is 16.1 Å². The monoisotopic (exact) mass is 336 g/mol. The molecule has 0 aliphatic heterocycles. The van der Waals surface area contributed by atoms with Crippen molar-refractivity contribution < 1.29 is 4.79 Å². The number of rotatable bonds is 6. The van der Waals surface area contributed by atoms with Gasteiger partial charge in [-0.3, -0.25) is 14.9 Å². The van der Waals surface area contributed by atoms with Crippen molar-refractivity contribution in [2.24, 2.45) is 0 Å². The van der Waals surface area contributed by atoms with E-state index < -0.39 is 0 Å². The first-order valence-electron chi connectivity index (χ1n) is 7.89. The molecule has 3 rings (SSSR count). The Kier molecular flexibility index (Phi) is 4.94. The van der Waals surface area contributed by atoms with E-state index in [1.807, 2.05) is 19.0 Å². The minimum atomic E-state index is -0.292. The van der Waals surface area contributed by atoms with Crippen LogP contribution in [0.2, 0.25) is 0 Å². The number of hydrogen-bond donors (Lipinski definition) is 3. The Morgan fingerprint density at radius 3 is 2.68 bits per heavy atom. The molecule has 128 valence electrons. The van der Waals surface area contributed by atoms with Gasteiger partial charge in [0.25, 0.3) is 5.91 Å². The lowest BCUT2D eigenvalue weighted by Gasteiger charge is -2.13. The fraction of sp³-hybridized carbons (Fsp3) is 0.167. The van der Waals surface area contributed by atoms with Crippen LogP contribution in [0.15, 0.2) is 55.0 Å². The quantitative estimate of drug-likeness (QED) is 0.644. The van der Waals surface area contributed by atoms with Crippen molar-refractivity contribution in [3.05, 3.63) is 66.2 Å². The first kappa shape index (κ1) is 16.5. The van der Waals surface area contributed by atoms with Gasteiger partial charge in [0.15, 0.2) is 5.69 Å². The molecule has 0 fully saturated rings. The Hall–Kier alpha value is -3.35. The molecule has 0 saturated carbocycles. The van der Waals surface area contributed by atoms with Crippen molar-refractivity contribution in [3.63, 3.8) is 0 Å². The normalized spacial score (nSPS) is 10.3. The number of carbonyl (C=O) groups is 1. The summed E-state index contributed by atoms with van der Waals surface area (Å²) in [7, 11) is 4.01. The van der Waals surface area contributed by atoms with E-state index in [0.29, 0.717) is 23.6 Å². The summed E-state index contributed by atoms with van der Waals surface area (Å²) >= 11 is 0. The summed E-state index contributed by atoms with van der Waals surface area (Å²) in [4.78, 5) is 18.4. The lowest BCUT2D eigenvalue weighted by atomic mass is 10.2. The third-order valence-corrected chi connectivity index (χ3v) is 3.71. The molecule has 2 heterocycles. The zero-order valence-electron chi connectivity index (χ0n) is 14.2. The Morgan fingerprint density at radius 1 is 1.20 bits per heavy atom. The van der Waals surface area contributed by atoms with E-state index in [1.165, 1.54) is 0 Å². The Bertz CT molecular complexity index is 826. The van der Waals surface area contributed by atoms with E-state index in [1.54, 1.807) is 30.7 Å². The van der Waals surface area contributed by atoms with Crippen LogP contribution in [-0.2, 0) is 6.54 Å². The van der Waals surface area contributed by atoms with Gasteiger partial charge in [-0.25, -0.2) is 0 Å². The highest BCUT2D eigenvalue weighted by Gasteiger charge is 2.15. The fourth-order valence-corrected chi connectivity index (χ4v) is 2.33. The number of anilines is 3. The van der Waals surface area contributed by atoms with Gasteiger partial charge in [-0.05, 0) is 29.8 Å². The standard InChI is InChI=1S/C18H20N6O/c1-24(2)15-7-5-13(6-8-15)10-20-16-12-21-23-17(16)18(25)22-14-4-3-9-19-11-14/h3-9,11-12,20H,10H2,1-2H3,(H,21,23)(H,22,25). The molecule has 1 amide bonds. The van der Waals surface area contributed by atoms with E-state index in [2.05, 4.69) is 50.1 Å². The van der Waals surface area contributed by atoms with Gasteiger partial charge in [-0.2, -0.15) is 5.10 Å². The SMILES string of the molecule is CN(C)c1ccc(CNc2c[nH]nc2C(=O)Nc2cccnc2)cc1. The topological polar surface area (TPSA) is 85.9 Å². The molecule has 7 heteroatoms. The van der Waals surface area contributed by atoms with Crippen LogP contribution in [-0.4, -0.2) is 35.2 Å². The summed E-state index contributed by atoms with van der Waals surface area (Å²) in [6, 6.07) is 11.8. The summed E-state index contributed by atoms with van der Waals surface area (Å²) in [6.45, 7) is 0.598. The lowest BCUT2D eigenvalue weighted by molar-refractivity contribution is 0.102. The molecule has 0 atom stereocenters. The van der Waals surface area contributed by atoms with Crippen molar-refractivity contribution in [2.75, 3.05) is 29.6 Å². The van der Waals surface area contributed by atoms with Crippen LogP contribution >= 0.6 is 0 Å². The van der Waals surface area contributed by atoms with Crippen molar-refractivity contribution in [1.29, 1.82) is 0 Å². The summed E-state index contributed by atoms with van der Waals surface area (Å²) in [5, 5.41) is 12.8. The summed E-state index contributed by atoms with van der Waals surface area (Å²) in [5.74, 6) is -0.292. The molecule has 25 heavy (non-hydrogen) atoms. The Morgan fingerprint density at radius 2 is 2.00 bits per heavy atom. The first-order valence-corrected chi connectivity index (χ1v) is 7.89. The molecule has 0 radical (unpaired) electrons. The molecular weight excluding hydrogens is 316 g/mol. The van der Waals surface area contributed by atoms with Crippen LogP contribution in [0.25, 0.3) is 0 Å². The molecule has 0 aliphatic carbocycles. The smallest absolute Gasteiger partial charge is 0.278 e. The molecule has 2 aromatic heterocycles. The highest BCUT2D eigenvalue weighted by Crippen LogP contribution is 2.17. The van der Waals surface area contributed by atoms with Crippen LogP contribution in [0.4, 0.5) is 17.1 Å². The second-order valence-electron chi connectivity index (χ2n) is 5.76. The van der Waals surface area contributed by atoms with Crippen LogP contribution < -0.4 is 15.5 Å². The lowest BCUT2D eigenvalue weighted by Crippen LogP contribution is -2.15. The maximum atomic E-state index is 12.4. The number of benzene rings is 1. The summed E-state index contributed by atoms with van der Waals surface area (Å²) in [5.41, 5.74) is 3.85. The second kappa shape index (κ2) is 7.48. The number of amides is 1. The van der Waals surface area contributed by atoms with E-state index in [9.17, 15) is 4.79 Å². The maximum Gasteiger partial charge on any atom is 0.278 e. The van der Waals surface area contributed by atoms with E-state index in [-0.39, 0.29) is 5.91 Å².